The van der Waals surface area contributed by atoms with Crippen LogP contribution in [0.4, 0.5) is 0 Å². The summed E-state index contributed by atoms with van der Waals surface area (Å²) in [5.41, 5.74) is 1.04. The van der Waals surface area contributed by atoms with Crippen LogP contribution in [0.2, 0.25) is 0 Å². The van der Waals surface area contributed by atoms with Crippen LogP contribution in [0.3, 0.4) is 0 Å². The Labute approximate surface area is 101 Å². The second-order valence-electron chi connectivity index (χ2n) is 4.21. The number of hydrogen-bond acceptors (Lipinski definition) is 4. The average molecular weight is 238 g/mol. The third-order valence-electron chi connectivity index (χ3n) is 2.96. The van der Waals surface area contributed by atoms with Crippen molar-refractivity contribution in [2.75, 3.05) is 13.2 Å². The van der Waals surface area contributed by atoms with Gasteiger partial charge in [0.05, 0.1) is 19.3 Å². The molecule has 2 unspecified atom stereocenters. The monoisotopic (exact) mass is 238 g/mol. The smallest absolute Gasteiger partial charge is 0.112 e. The summed E-state index contributed by atoms with van der Waals surface area (Å²) in [6.07, 6.45) is -0.892. The summed E-state index contributed by atoms with van der Waals surface area (Å²) >= 11 is 0. The predicted octanol–water partition coefficient (Wildman–Crippen LogP) is 0.714. The van der Waals surface area contributed by atoms with Crippen LogP contribution in [0.15, 0.2) is 30.3 Å². The summed E-state index contributed by atoms with van der Waals surface area (Å²) in [4.78, 5) is 0. The van der Waals surface area contributed by atoms with E-state index in [1.54, 1.807) is 0 Å². The summed E-state index contributed by atoms with van der Waals surface area (Å²) in [5, 5.41) is 19.0. The third kappa shape index (κ3) is 3.26. The van der Waals surface area contributed by atoms with Crippen molar-refractivity contribution in [2.45, 2.75) is 31.3 Å². The van der Waals surface area contributed by atoms with Crippen LogP contribution < -0.4 is 0 Å². The Morgan fingerprint density at radius 2 is 2.06 bits per heavy atom. The van der Waals surface area contributed by atoms with Crippen LogP contribution in [-0.2, 0) is 16.1 Å². The molecule has 1 aliphatic rings. The summed E-state index contributed by atoms with van der Waals surface area (Å²) in [5.74, 6) is 0. The van der Waals surface area contributed by atoms with E-state index >= 15 is 0 Å². The topological polar surface area (TPSA) is 58.9 Å². The molecule has 2 rings (SSSR count). The summed E-state index contributed by atoms with van der Waals surface area (Å²) < 4.78 is 11.0. The lowest BCUT2D eigenvalue weighted by Gasteiger charge is -2.34. The Morgan fingerprint density at radius 3 is 2.76 bits per heavy atom. The second-order valence-corrected chi connectivity index (χ2v) is 4.21. The molecule has 0 saturated carbocycles. The van der Waals surface area contributed by atoms with Gasteiger partial charge in [0.1, 0.15) is 12.2 Å². The van der Waals surface area contributed by atoms with Gasteiger partial charge in [-0.3, -0.25) is 0 Å². The van der Waals surface area contributed by atoms with Crippen molar-refractivity contribution in [1.82, 2.24) is 0 Å². The quantitative estimate of drug-likeness (QED) is 0.811. The van der Waals surface area contributed by atoms with Crippen LogP contribution in [0.5, 0.6) is 0 Å². The van der Waals surface area contributed by atoms with Crippen molar-refractivity contribution < 1.29 is 19.7 Å². The maximum Gasteiger partial charge on any atom is 0.112 e. The third-order valence-corrected chi connectivity index (χ3v) is 2.96. The highest BCUT2D eigenvalue weighted by Crippen LogP contribution is 2.19. The first kappa shape index (κ1) is 12.5. The molecule has 1 saturated heterocycles. The van der Waals surface area contributed by atoms with E-state index < -0.39 is 18.3 Å². The molecule has 0 radical (unpaired) electrons. The number of aliphatic hydroxyl groups is 2. The summed E-state index contributed by atoms with van der Waals surface area (Å²) in [7, 11) is 0. The fraction of sp³-hybridized carbons (Fsp3) is 0.538. The number of benzene rings is 1. The predicted molar refractivity (Wildman–Crippen MR) is 62.5 cm³/mol. The van der Waals surface area contributed by atoms with Gasteiger partial charge in [-0.1, -0.05) is 30.3 Å². The first-order valence-electron chi connectivity index (χ1n) is 5.87. The van der Waals surface area contributed by atoms with Gasteiger partial charge in [-0.15, -0.1) is 0 Å². The van der Waals surface area contributed by atoms with E-state index in [9.17, 15) is 5.11 Å². The van der Waals surface area contributed by atoms with E-state index in [1.807, 2.05) is 30.3 Å². The van der Waals surface area contributed by atoms with Crippen molar-refractivity contribution >= 4 is 0 Å². The van der Waals surface area contributed by atoms with E-state index in [-0.39, 0.29) is 6.61 Å². The molecule has 0 bridgehead atoms. The molecule has 1 fully saturated rings. The van der Waals surface area contributed by atoms with E-state index in [1.165, 1.54) is 0 Å². The molecule has 17 heavy (non-hydrogen) atoms. The van der Waals surface area contributed by atoms with Gasteiger partial charge in [0.15, 0.2) is 0 Å². The van der Waals surface area contributed by atoms with Gasteiger partial charge >= 0.3 is 0 Å². The standard InChI is InChI=1S/C13H18O4/c14-8-12-13(11(15)6-7-16-12)17-9-10-4-2-1-3-5-10/h1-5,11-15H,6-9H2/t11?,12?,13-/m0/s1. The minimum absolute atomic E-state index is 0.128. The zero-order valence-corrected chi connectivity index (χ0v) is 9.66. The average Bonchev–Trinajstić information content (AvgIpc) is 2.38. The zero-order valence-electron chi connectivity index (χ0n) is 9.66. The molecule has 1 aromatic rings. The molecule has 0 spiro atoms. The minimum atomic E-state index is -0.565. The first-order chi connectivity index (χ1) is 8.31. The molecule has 1 heterocycles. The molecule has 3 atom stereocenters. The van der Waals surface area contributed by atoms with Crippen LogP contribution in [0.25, 0.3) is 0 Å². The van der Waals surface area contributed by atoms with Crippen molar-refractivity contribution in [3.8, 4) is 0 Å². The Hall–Kier alpha value is -0.940. The fourth-order valence-corrected chi connectivity index (χ4v) is 1.99. The largest absolute Gasteiger partial charge is 0.394 e. The molecular formula is C13H18O4. The highest BCUT2D eigenvalue weighted by molar-refractivity contribution is 5.13. The van der Waals surface area contributed by atoms with Gasteiger partial charge in [0.25, 0.3) is 0 Å². The van der Waals surface area contributed by atoms with Gasteiger partial charge in [-0.2, -0.15) is 0 Å². The molecule has 1 aromatic carbocycles. The highest BCUT2D eigenvalue weighted by atomic mass is 16.6. The lowest BCUT2D eigenvalue weighted by molar-refractivity contribution is -0.174. The van der Waals surface area contributed by atoms with Gasteiger partial charge in [0, 0.05) is 6.61 Å². The molecule has 0 aliphatic carbocycles. The maximum absolute atomic E-state index is 9.83. The molecule has 4 heteroatoms. The lowest BCUT2D eigenvalue weighted by atomic mass is 10.0. The summed E-state index contributed by atoms with van der Waals surface area (Å²) in [6, 6.07) is 9.75. The van der Waals surface area contributed by atoms with Gasteiger partial charge < -0.3 is 19.7 Å². The zero-order chi connectivity index (χ0) is 12.1. The van der Waals surface area contributed by atoms with Crippen LogP contribution in [-0.4, -0.2) is 41.7 Å². The van der Waals surface area contributed by atoms with Crippen LogP contribution in [0, 0.1) is 0 Å². The lowest BCUT2D eigenvalue weighted by Crippen LogP contribution is -2.47. The Bertz CT molecular complexity index is 327. The van der Waals surface area contributed by atoms with Crippen LogP contribution in [0.1, 0.15) is 12.0 Å². The van der Waals surface area contributed by atoms with E-state index in [2.05, 4.69) is 0 Å². The molecule has 94 valence electrons. The Balaban J connectivity index is 1.92. The van der Waals surface area contributed by atoms with Crippen molar-refractivity contribution in [1.29, 1.82) is 0 Å². The fourth-order valence-electron chi connectivity index (χ4n) is 1.99. The summed E-state index contributed by atoms with van der Waals surface area (Å²) in [6.45, 7) is 0.760. The van der Waals surface area contributed by atoms with E-state index in [0.29, 0.717) is 19.6 Å². The number of hydrogen-bond donors (Lipinski definition) is 2. The van der Waals surface area contributed by atoms with Gasteiger partial charge in [-0.05, 0) is 12.0 Å². The first-order valence-corrected chi connectivity index (χ1v) is 5.87. The second kappa shape index (κ2) is 6.12. The molecule has 2 N–H and O–H groups in total. The van der Waals surface area contributed by atoms with E-state index in [4.69, 9.17) is 14.6 Å². The van der Waals surface area contributed by atoms with Gasteiger partial charge in [-0.25, -0.2) is 0 Å². The highest BCUT2D eigenvalue weighted by Gasteiger charge is 2.33. The molecule has 0 aromatic heterocycles. The number of aliphatic hydroxyl groups excluding tert-OH is 2. The number of rotatable bonds is 4. The van der Waals surface area contributed by atoms with Crippen molar-refractivity contribution in [2.24, 2.45) is 0 Å². The van der Waals surface area contributed by atoms with Crippen molar-refractivity contribution in [3.63, 3.8) is 0 Å². The molecular weight excluding hydrogens is 220 g/mol. The number of ether oxygens (including phenoxy) is 2. The van der Waals surface area contributed by atoms with Crippen LogP contribution >= 0.6 is 0 Å². The normalized spacial score (nSPS) is 29.2. The molecule has 1 aliphatic heterocycles. The maximum atomic E-state index is 9.83. The Morgan fingerprint density at radius 1 is 1.29 bits per heavy atom. The molecule has 0 amide bonds. The SMILES string of the molecule is OCC1OCCC(O)[C@@H]1OCc1ccccc1. The van der Waals surface area contributed by atoms with Gasteiger partial charge in [0.2, 0.25) is 0 Å². The minimum Gasteiger partial charge on any atom is -0.394 e. The Kier molecular flexibility index (Phi) is 4.50. The van der Waals surface area contributed by atoms with E-state index in [0.717, 1.165) is 5.56 Å². The van der Waals surface area contributed by atoms with Crippen molar-refractivity contribution in [3.05, 3.63) is 35.9 Å². The molecule has 4 nitrogen and oxygen atoms in total.